The molecule has 2 aromatic rings. The summed E-state index contributed by atoms with van der Waals surface area (Å²) < 4.78 is 0. The maximum atomic E-state index is 4.20. The van der Waals surface area contributed by atoms with E-state index in [2.05, 4.69) is 40.0 Å². The van der Waals surface area contributed by atoms with Gasteiger partial charge in [0.25, 0.3) is 0 Å². The van der Waals surface area contributed by atoms with Crippen molar-refractivity contribution in [3.8, 4) is 0 Å². The summed E-state index contributed by atoms with van der Waals surface area (Å²) in [5.74, 6) is 0. The molecule has 1 N–H and O–H groups in total. The Balaban J connectivity index is 2.49. The van der Waals surface area contributed by atoms with Crippen molar-refractivity contribution in [2.75, 3.05) is 7.05 Å². The van der Waals surface area contributed by atoms with Crippen molar-refractivity contribution in [3.63, 3.8) is 0 Å². The monoisotopic (exact) mass is 247 g/mol. The molecule has 0 aromatic carbocycles. The SMILES string of the molecule is CNC(c1cc(C)nnc1C)c1sccc1C. The smallest absolute Gasteiger partial charge is 0.0690 e. The molecule has 0 aliphatic rings. The lowest BCUT2D eigenvalue weighted by Gasteiger charge is -2.18. The Bertz CT molecular complexity index is 519. The van der Waals surface area contributed by atoms with Crippen LogP contribution in [0.5, 0.6) is 0 Å². The third kappa shape index (κ3) is 2.37. The lowest BCUT2D eigenvalue weighted by atomic mass is 10.0. The Morgan fingerprint density at radius 1 is 1.24 bits per heavy atom. The Hall–Kier alpha value is -1.26. The van der Waals surface area contributed by atoms with E-state index in [1.807, 2.05) is 20.9 Å². The highest BCUT2D eigenvalue weighted by atomic mass is 32.1. The Kier molecular flexibility index (Phi) is 3.54. The molecule has 17 heavy (non-hydrogen) atoms. The zero-order chi connectivity index (χ0) is 12.4. The molecule has 2 heterocycles. The van der Waals surface area contributed by atoms with Crippen molar-refractivity contribution in [2.24, 2.45) is 0 Å². The van der Waals surface area contributed by atoms with E-state index in [9.17, 15) is 0 Å². The van der Waals surface area contributed by atoms with E-state index in [0.717, 1.165) is 11.4 Å². The van der Waals surface area contributed by atoms with Crippen LogP contribution >= 0.6 is 11.3 Å². The Labute approximate surface area is 106 Å². The van der Waals surface area contributed by atoms with Gasteiger partial charge in [-0.25, -0.2) is 0 Å². The number of nitrogens with one attached hydrogen (secondary N) is 1. The molecule has 90 valence electrons. The summed E-state index contributed by atoms with van der Waals surface area (Å²) in [6.45, 7) is 6.13. The van der Waals surface area contributed by atoms with Gasteiger partial charge in [-0.15, -0.1) is 11.3 Å². The molecule has 0 bridgehead atoms. The van der Waals surface area contributed by atoms with Gasteiger partial charge >= 0.3 is 0 Å². The zero-order valence-electron chi connectivity index (χ0n) is 10.6. The van der Waals surface area contributed by atoms with Gasteiger partial charge in [0.05, 0.1) is 17.4 Å². The summed E-state index contributed by atoms with van der Waals surface area (Å²) in [4.78, 5) is 1.35. The van der Waals surface area contributed by atoms with Gasteiger partial charge in [-0.1, -0.05) is 0 Å². The lowest BCUT2D eigenvalue weighted by Crippen LogP contribution is -2.19. The van der Waals surface area contributed by atoms with E-state index in [1.165, 1.54) is 16.0 Å². The van der Waals surface area contributed by atoms with Crippen molar-refractivity contribution in [3.05, 3.63) is 44.9 Å². The summed E-state index contributed by atoms with van der Waals surface area (Å²) in [6, 6.07) is 4.48. The van der Waals surface area contributed by atoms with Crippen molar-refractivity contribution in [2.45, 2.75) is 26.8 Å². The van der Waals surface area contributed by atoms with Crippen LogP contribution in [0.25, 0.3) is 0 Å². The summed E-state index contributed by atoms with van der Waals surface area (Å²) >= 11 is 1.78. The van der Waals surface area contributed by atoms with Gasteiger partial charge < -0.3 is 5.32 Å². The molecular weight excluding hydrogens is 230 g/mol. The van der Waals surface area contributed by atoms with E-state index in [0.29, 0.717) is 0 Å². The van der Waals surface area contributed by atoms with E-state index in [4.69, 9.17) is 0 Å². The molecule has 0 aliphatic heterocycles. The highest BCUT2D eigenvalue weighted by molar-refractivity contribution is 7.10. The third-order valence-electron chi connectivity index (χ3n) is 2.90. The number of rotatable bonds is 3. The minimum atomic E-state index is 0.212. The van der Waals surface area contributed by atoms with E-state index < -0.39 is 0 Å². The highest BCUT2D eigenvalue weighted by Crippen LogP contribution is 2.30. The largest absolute Gasteiger partial charge is 0.309 e. The van der Waals surface area contributed by atoms with Crippen LogP contribution in [0, 0.1) is 20.8 Å². The summed E-state index contributed by atoms with van der Waals surface area (Å²) in [5.41, 5.74) is 4.48. The number of aryl methyl sites for hydroxylation is 3. The molecule has 4 heteroatoms. The summed E-state index contributed by atoms with van der Waals surface area (Å²) in [6.07, 6.45) is 0. The van der Waals surface area contributed by atoms with Crippen molar-refractivity contribution < 1.29 is 0 Å². The fourth-order valence-electron chi connectivity index (χ4n) is 1.97. The molecule has 0 saturated carbocycles. The van der Waals surface area contributed by atoms with Gasteiger partial charge in [0.2, 0.25) is 0 Å². The van der Waals surface area contributed by atoms with Crippen LogP contribution < -0.4 is 5.32 Å². The van der Waals surface area contributed by atoms with Crippen molar-refractivity contribution in [1.29, 1.82) is 0 Å². The van der Waals surface area contributed by atoms with Gasteiger partial charge in [0.15, 0.2) is 0 Å². The van der Waals surface area contributed by atoms with Gasteiger partial charge in [-0.3, -0.25) is 0 Å². The van der Waals surface area contributed by atoms with Gasteiger partial charge in [0, 0.05) is 4.88 Å². The molecule has 0 aliphatic carbocycles. The first-order valence-electron chi connectivity index (χ1n) is 5.65. The molecular formula is C13H17N3S. The maximum Gasteiger partial charge on any atom is 0.0690 e. The van der Waals surface area contributed by atoms with Crippen molar-refractivity contribution in [1.82, 2.24) is 15.5 Å². The molecule has 1 atom stereocenters. The fraction of sp³-hybridized carbons (Fsp3) is 0.385. The first kappa shape index (κ1) is 12.2. The van der Waals surface area contributed by atoms with Crippen LogP contribution in [-0.2, 0) is 0 Å². The molecule has 1 unspecified atom stereocenters. The Morgan fingerprint density at radius 3 is 2.59 bits per heavy atom. The predicted octanol–water partition coefficient (Wildman–Crippen LogP) is 2.77. The second kappa shape index (κ2) is 4.94. The van der Waals surface area contributed by atoms with Gasteiger partial charge in [0.1, 0.15) is 0 Å². The minimum Gasteiger partial charge on any atom is -0.309 e. The van der Waals surface area contributed by atoms with Gasteiger partial charge in [-0.05, 0) is 56.5 Å². The maximum absolute atomic E-state index is 4.20. The Morgan fingerprint density at radius 2 is 2.00 bits per heavy atom. The molecule has 0 spiro atoms. The number of thiophene rings is 1. The van der Waals surface area contributed by atoms with Crippen LogP contribution in [0.3, 0.4) is 0 Å². The third-order valence-corrected chi connectivity index (χ3v) is 3.99. The molecule has 0 radical (unpaired) electrons. The summed E-state index contributed by atoms with van der Waals surface area (Å²) in [5, 5.41) is 13.8. The molecule has 3 nitrogen and oxygen atoms in total. The average Bonchev–Trinajstić information content (AvgIpc) is 2.71. The van der Waals surface area contributed by atoms with Crippen LogP contribution in [0.1, 0.15) is 33.4 Å². The second-order valence-corrected chi connectivity index (χ2v) is 5.16. The quantitative estimate of drug-likeness (QED) is 0.906. The van der Waals surface area contributed by atoms with Gasteiger partial charge in [-0.2, -0.15) is 10.2 Å². The van der Waals surface area contributed by atoms with E-state index >= 15 is 0 Å². The van der Waals surface area contributed by atoms with Crippen molar-refractivity contribution >= 4 is 11.3 Å². The number of hydrogen-bond donors (Lipinski definition) is 1. The molecule has 2 aromatic heterocycles. The fourth-order valence-corrected chi connectivity index (χ4v) is 3.02. The van der Waals surface area contributed by atoms with Crippen LogP contribution in [0.4, 0.5) is 0 Å². The van der Waals surface area contributed by atoms with Crippen LogP contribution in [0.15, 0.2) is 17.5 Å². The number of nitrogens with zero attached hydrogens (tertiary/aromatic N) is 2. The zero-order valence-corrected chi connectivity index (χ0v) is 11.4. The molecule has 0 fully saturated rings. The molecule has 2 rings (SSSR count). The topological polar surface area (TPSA) is 37.8 Å². The number of hydrogen-bond acceptors (Lipinski definition) is 4. The first-order chi connectivity index (χ1) is 8.13. The van der Waals surface area contributed by atoms with E-state index in [1.54, 1.807) is 11.3 Å². The normalized spacial score (nSPS) is 12.7. The lowest BCUT2D eigenvalue weighted by molar-refractivity contribution is 0.683. The van der Waals surface area contributed by atoms with Crippen LogP contribution in [-0.4, -0.2) is 17.2 Å². The molecule has 0 amide bonds. The standard InChI is InChI=1S/C13H17N3S/c1-8-5-6-17-13(8)12(14-4)11-7-9(2)15-16-10(11)3/h5-7,12,14H,1-4H3. The first-order valence-corrected chi connectivity index (χ1v) is 6.53. The van der Waals surface area contributed by atoms with Crippen LogP contribution in [0.2, 0.25) is 0 Å². The molecule has 0 saturated heterocycles. The van der Waals surface area contributed by atoms with E-state index in [-0.39, 0.29) is 6.04 Å². The second-order valence-electron chi connectivity index (χ2n) is 4.22. The average molecular weight is 247 g/mol. The summed E-state index contributed by atoms with van der Waals surface area (Å²) in [7, 11) is 1.99. The highest BCUT2D eigenvalue weighted by Gasteiger charge is 2.18. The minimum absolute atomic E-state index is 0.212. The number of aromatic nitrogens is 2. The predicted molar refractivity (Wildman–Crippen MR) is 71.5 cm³/mol.